The van der Waals surface area contributed by atoms with E-state index in [0.717, 1.165) is 40.7 Å². The molecule has 6 aromatic rings. The van der Waals surface area contributed by atoms with Crippen molar-refractivity contribution in [2.75, 3.05) is 0 Å². The van der Waals surface area contributed by atoms with Crippen LogP contribution in [0, 0.1) is 0 Å². The SMILES string of the molecule is C=Cc1c(C=C)c(-c2cccc3ccccc23)c2ccccc2c1-c1ccccccc(-c2ccccccc3c(c2)CCC=C3)cc1. The zero-order chi connectivity index (χ0) is 32.7. The van der Waals surface area contributed by atoms with Gasteiger partial charge in [-0.1, -0.05) is 195 Å². The summed E-state index contributed by atoms with van der Waals surface area (Å²) in [6.45, 7) is 8.70. The van der Waals surface area contributed by atoms with Crippen molar-refractivity contribution in [2.45, 2.75) is 12.8 Å². The molecule has 230 valence electrons. The van der Waals surface area contributed by atoms with Gasteiger partial charge < -0.3 is 0 Å². The van der Waals surface area contributed by atoms with E-state index in [1.54, 1.807) is 0 Å². The second-order valence-corrected chi connectivity index (χ2v) is 12.0. The first kappa shape index (κ1) is 30.7. The fourth-order valence-electron chi connectivity index (χ4n) is 6.92. The molecule has 48 heavy (non-hydrogen) atoms. The summed E-state index contributed by atoms with van der Waals surface area (Å²) in [5, 5.41) is 4.82. The highest BCUT2D eigenvalue weighted by atomic mass is 14.2. The third-order valence-corrected chi connectivity index (χ3v) is 9.17. The smallest absolute Gasteiger partial charge is 0.00204 e. The minimum atomic E-state index is 1.03. The van der Waals surface area contributed by atoms with Gasteiger partial charge in [-0.3, -0.25) is 0 Å². The molecular weight excluding hydrogens is 577 g/mol. The van der Waals surface area contributed by atoms with Crippen LogP contribution in [0.5, 0.6) is 0 Å². The Labute approximate surface area is 284 Å². The van der Waals surface area contributed by atoms with Gasteiger partial charge in [-0.2, -0.15) is 0 Å². The van der Waals surface area contributed by atoms with Crippen LogP contribution in [0.3, 0.4) is 0 Å². The maximum atomic E-state index is 4.36. The number of hydrogen-bond acceptors (Lipinski definition) is 0. The lowest BCUT2D eigenvalue weighted by Crippen LogP contribution is -1.96. The van der Waals surface area contributed by atoms with E-state index in [2.05, 4.69) is 183 Å². The molecule has 0 unspecified atom stereocenters. The molecule has 0 atom stereocenters. The lowest BCUT2D eigenvalue weighted by atomic mass is 9.82. The first-order chi connectivity index (χ1) is 23.8. The van der Waals surface area contributed by atoms with Crippen LogP contribution in [0.25, 0.3) is 73.2 Å². The van der Waals surface area contributed by atoms with Crippen LogP contribution in [0.4, 0.5) is 0 Å². The fourth-order valence-corrected chi connectivity index (χ4v) is 6.92. The van der Waals surface area contributed by atoms with E-state index < -0.39 is 0 Å². The molecule has 1 aliphatic rings. The summed E-state index contributed by atoms with van der Waals surface area (Å²) < 4.78 is 0. The molecule has 0 aromatic heterocycles. The van der Waals surface area contributed by atoms with E-state index in [4.69, 9.17) is 0 Å². The van der Waals surface area contributed by atoms with Crippen LogP contribution in [0.1, 0.15) is 28.7 Å². The van der Waals surface area contributed by atoms with Gasteiger partial charge in [0.25, 0.3) is 0 Å². The molecule has 0 heterocycles. The summed E-state index contributed by atoms with van der Waals surface area (Å²) in [5.74, 6) is 0. The molecule has 0 saturated heterocycles. The van der Waals surface area contributed by atoms with Gasteiger partial charge in [0, 0.05) is 0 Å². The monoisotopic (exact) mass is 614 g/mol. The van der Waals surface area contributed by atoms with Gasteiger partial charge in [0.15, 0.2) is 0 Å². The van der Waals surface area contributed by atoms with Gasteiger partial charge in [-0.25, -0.2) is 0 Å². The van der Waals surface area contributed by atoms with Crippen LogP contribution >= 0.6 is 0 Å². The Kier molecular flexibility index (Phi) is 9.07. The highest BCUT2D eigenvalue weighted by Crippen LogP contribution is 2.44. The lowest BCUT2D eigenvalue weighted by molar-refractivity contribution is 0.988. The van der Waals surface area contributed by atoms with Gasteiger partial charge in [-0.05, 0) is 90.0 Å². The van der Waals surface area contributed by atoms with Crippen LogP contribution in [-0.2, 0) is 6.42 Å². The molecular formula is C48H38. The molecule has 6 aromatic carbocycles. The topological polar surface area (TPSA) is 0 Å². The maximum Gasteiger partial charge on any atom is -0.00204 e. The summed E-state index contributed by atoms with van der Waals surface area (Å²) in [7, 11) is 0. The third kappa shape index (κ3) is 6.09. The van der Waals surface area contributed by atoms with Crippen molar-refractivity contribution in [1.82, 2.24) is 0 Å². The molecule has 1 aliphatic carbocycles. The molecule has 0 radical (unpaired) electrons. The summed E-state index contributed by atoms with van der Waals surface area (Å²) in [6, 6.07) is 56.5. The first-order valence-electron chi connectivity index (χ1n) is 16.7. The summed E-state index contributed by atoms with van der Waals surface area (Å²) in [4.78, 5) is 0. The molecule has 0 nitrogen and oxygen atoms in total. The van der Waals surface area contributed by atoms with Crippen LogP contribution in [-0.4, -0.2) is 0 Å². The highest BCUT2D eigenvalue weighted by Gasteiger charge is 2.19. The van der Waals surface area contributed by atoms with Crippen molar-refractivity contribution in [2.24, 2.45) is 0 Å². The highest BCUT2D eigenvalue weighted by molar-refractivity contribution is 6.14. The average molecular weight is 615 g/mol. The Balaban J connectivity index is 1.52. The van der Waals surface area contributed by atoms with Gasteiger partial charge in [-0.15, -0.1) is 0 Å². The zero-order valence-corrected chi connectivity index (χ0v) is 27.1. The molecule has 0 amide bonds. The predicted molar refractivity (Wildman–Crippen MR) is 211 cm³/mol. The van der Waals surface area contributed by atoms with Gasteiger partial charge in [0.2, 0.25) is 0 Å². The summed E-state index contributed by atoms with van der Waals surface area (Å²) in [6.07, 6.45) is 10.6. The van der Waals surface area contributed by atoms with E-state index >= 15 is 0 Å². The van der Waals surface area contributed by atoms with E-state index in [1.807, 2.05) is 12.2 Å². The molecule has 0 fully saturated rings. The number of benzene rings is 4. The second kappa shape index (κ2) is 14.2. The van der Waals surface area contributed by atoms with Crippen LogP contribution < -0.4 is 0 Å². The fraction of sp³-hybridized carbons (Fsp3) is 0.0417. The lowest BCUT2D eigenvalue weighted by Gasteiger charge is -2.21. The molecule has 7 rings (SSSR count). The largest absolute Gasteiger partial charge is 0.0984 e. The normalized spacial score (nSPS) is 11.7. The third-order valence-electron chi connectivity index (χ3n) is 9.17. The van der Waals surface area contributed by atoms with Crippen molar-refractivity contribution < 1.29 is 0 Å². The van der Waals surface area contributed by atoms with Crippen molar-refractivity contribution in [3.8, 4) is 33.4 Å². The number of hydrogen-bond donors (Lipinski definition) is 0. The molecule has 0 heteroatoms. The Hall–Kier alpha value is -5.98. The predicted octanol–water partition coefficient (Wildman–Crippen LogP) is 13.5. The number of aryl methyl sites for hydroxylation is 1. The van der Waals surface area contributed by atoms with E-state index in [-0.39, 0.29) is 0 Å². The quantitative estimate of drug-likeness (QED) is 0.181. The number of allylic oxidation sites excluding steroid dienone is 1. The Morgan fingerprint density at radius 3 is 1.77 bits per heavy atom. The van der Waals surface area contributed by atoms with E-state index in [1.165, 1.54) is 49.4 Å². The van der Waals surface area contributed by atoms with Crippen LogP contribution in [0.15, 0.2) is 177 Å². The zero-order valence-electron chi connectivity index (χ0n) is 27.1. The van der Waals surface area contributed by atoms with E-state index in [9.17, 15) is 0 Å². The number of fused-ring (bicyclic) bond motifs is 3. The summed E-state index contributed by atoms with van der Waals surface area (Å²) >= 11 is 0. The Morgan fingerprint density at radius 1 is 0.458 bits per heavy atom. The second-order valence-electron chi connectivity index (χ2n) is 12.0. The van der Waals surface area contributed by atoms with Gasteiger partial charge in [0.05, 0.1) is 0 Å². The maximum absolute atomic E-state index is 4.36. The van der Waals surface area contributed by atoms with Gasteiger partial charge in [0.1, 0.15) is 0 Å². The van der Waals surface area contributed by atoms with Crippen molar-refractivity contribution >= 4 is 39.8 Å². The minimum Gasteiger partial charge on any atom is -0.0984 e. The molecule has 0 bridgehead atoms. The summed E-state index contributed by atoms with van der Waals surface area (Å²) in [5.41, 5.74) is 11.7. The van der Waals surface area contributed by atoms with Crippen molar-refractivity contribution in [3.63, 3.8) is 0 Å². The first-order valence-corrected chi connectivity index (χ1v) is 16.7. The van der Waals surface area contributed by atoms with Crippen molar-refractivity contribution in [3.05, 3.63) is 199 Å². The molecule has 0 aliphatic heterocycles. The molecule has 0 saturated carbocycles. The van der Waals surface area contributed by atoms with Crippen LogP contribution in [0.2, 0.25) is 0 Å². The molecule has 0 spiro atoms. The Bertz CT molecular complexity index is 2330. The number of rotatable bonds is 5. The molecule has 0 N–H and O–H groups in total. The minimum absolute atomic E-state index is 1.03. The van der Waals surface area contributed by atoms with Gasteiger partial charge >= 0.3 is 0 Å². The van der Waals surface area contributed by atoms with E-state index in [0.29, 0.717) is 0 Å². The average Bonchev–Trinajstić information content (AvgIpc) is 3.14. The standard InChI is InChI=1S/C48H38/c1-3-41-42(4-2)48(44-31-19-27-37-23-15-16-28-43(37)44)46-30-18-17-29-45(46)47(41)38-24-11-7-5-10-21-36(32-33-38)40-25-12-8-6-9-20-35-22-13-14-26-39(35)34-40/h3-13,15-25,27-34H,1-2,14,26H2. The van der Waals surface area contributed by atoms with Crippen molar-refractivity contribution in [1.29, 1.82) is 0 Å². The Morgan fingerprint density at radius 2 is 1.02 bits per heavy atom.